The number of aliphatic hydroxyl groups is 1. The molecular formula is C15H22O. The Balaban J connectivity index is 2.11. The summed E-state index contributed by atoms with van der Waals surface area (Å²) >= 11 is 0. The van der Waals surface area contributed by atoms with Gasteiger partial charge in [-0.05, 0) is 41.2 Å². The van der Waals surface area contributed by atoms with Crippen LogP contribution >= 0.6 is 0 Å². The highest BCUT2D eigenvalue weighted by molar-refractivity contribution is 5.32. The van der Waals surface area contributed by atoms with Crippen LogP contribution in [0.25, 0.3) is 0 Å². The highest BCUT2D eigenvalue weighted by Gasteiger charge is 2.37. The maximum absolute atomic E-state index is 9.06. The molecule has 1 saturated carbocycles. The van der Waals surface area contributed by atoms with E-state index in [0.29, 0.717) is 18.4 Å². The molecule has 2 atom stereocenters. The summed E-state index contributed by atoms with van der Waals surface area (Å²) in [5, 5.41) is 9.06. The lowest BCUT2D eigenvalue weighted by Crippen LogP contribution is -2.15. The molecule has 0 aliphatic heterocycles. The fourth-order valence-electron chi connectivity index (χ4n) is 2.24. The van der Waals surface area contributed by atoms with Crippen molar-refractivity contribution in [1.29, 1.82) is 0 Å². The predicted molar refractivity (Wildman–Crippen MR) is 67.7 cm³/mol. The van der Waals surface area contributed by atoms with Gasteiger partial charge >= 0.3 is 0 Å². The van der Waals surface area contributed by atoms with Crippen molar-refractivity contribution in [1.82, 2.24) is 0 Å². The molecule has 88 valence electrons. The van der Waals surface area contributed by atoms with Gasteiger partial charge in [-0.1, -0.05) is 45.0 Å². The molecule has 1 fully saturated rings. The summed E-state index contributed by atoms with van der Waals surface area (Å²) in [6, 6.07) is 9.00. The Bertz CT molecular complexity index is 350. The predicted octanol–water partition coefficient (Wildman–Crippen LogP) is 3.47. The number of rotatable bonds is 4. The van der Waals surface area contributed by atoms with E-state index < -0.39 is 0 Å². The van der Waals surface area contributed by atoms with E-state index in [1.165, 1.54) is 11.1 Å². The van der Waals surface area contributed by atoms with Crippen molar-refractivity contribution in [3.05, 3.63) is 35.4 Å². The van der Waals surface area contributed by atoms with E-state index in [2.05, 4.69) is 45.0 Å². The molecular weight excluding hydrogens is 196 g/mol. The first-order valence-electron chi connectivity index (χ1n) is 6.30. The first kappa shape index (κ1) is 11.7. The van der Waals surface area contributed by atoms with E-state index in [0.717, 1.165) is 12.8 Å². The molecule has 2 unspecified atom stereocenters. The molecule has 0 saturated heterocycles. The van der Waals surface area contributed by atoms with Crippen LogP contribution in [0.15, 0.2) is 24.3 Å². The SMILES string of the molecule is CCC(C)(C)c1ccc(C2CC2CO)cc1. The summed E-state index contributed by atoms with van der Waals surface area (Å²) in [6.45, 7) is 7.15. The van der Waals surface area contributed by atoms with Gasteiger partial charge in [-0.3, -0.25) is 0 Å². The van der Waals surface area contributed by atoms with E-state index in [-0.39, 0.29) is 5.41 Å². The van der Waals surface area contributed by atoms with E-state index >= 15 is 0 Å². The van der Waals surface area contributed by atoms with Gasteiger partial charge in [-0.15, -0.1) is 0 Å². The Morgan fingerprint density at radius 2 is 1.88 bits per heavy atom. The first-order valence-corrected chi connectivity index (χ1v) is 6.30. The maximum Gasteiger partial charge on any atom is 0.0465 e. The third kappa shape index (κ3) is 2.15. The third-order valence-corrected chi connectivity index (χ3v) is 4.16. The van der Waals surface area contributed by atoms with Crippen LogP contribution in [0.2, 0.25) is 0 Å². The molecule has 1 aromatic carbocycles. The third-order valence-electron chi connectivity index (χ3n) is 4.16. The fraction of sp³-hybridized carbons (Fsp3) is 0.600. The molecule has 0 heterocycles. The van der Waals surface area contributed by atoms with Crippen molar-refractivity contribution in [2.75, 3.05) is 6.61 Å². The largest absolute Gasteiger partial charge is 0.396 e. The van der Waals surface area contributed by atoms with Crippen LogP contribution in [-0.2, 0) is 5.41 Å². The number of hydrogen-bond donors (Lipinski definition) is 1. The Kier molecular flexibility index (Phi) is 3.07. The van der Waals surface area contributed by atoms with E-state index in [9.17, 15) is 0 Å². The molecule has 1 heteroatoms. The van der Waals surface area contributed by atoms with Gasteiger partial charge in [0.15, 0.2) is 0 Å². The van der Waals surface area contributed by atoms with E-state index in [1.807, 2.05) is 0 Å². The van der Waals surface area contributed by atoms with E-state index in [4.69, 9.17) is 5.11 Å². The van der Waals surface area contributed by atoms with Crippen molar-refractivity contribution >= 4 is 0 Å². The summed E-state index contributed by atoms with van der Waals surface area (Å²) in [7, 11) is 0. The van der Waals surface area contributed by atoms with Crippen molar-refractivity contribution in [2.45, 2.75) is 44.9 Å². The zero-order chi connectivity index (χ0) is 11.8. The van der Waals surface area contributed by atoms with Gasteiger partial charge in [0.2, 0.25) is 0 Å². The molecule has 0 radical (unpaired) electrons. The Morgan fingerprint density at radius 1 is 1.25 bits per heavy atom. The summed E-state index contributed by atoms with van der Waals surface area (Å²) in [5.74, 6) is 1.13. The van der Waals surface area contributed by atoms with Gasteiger partial charge in [0.05, 0.1) is 0 Å². The van der Waals surface area contributed by atoms with E-state index in [1.54, 1.807) is 0 Å². The molecule has 1 N–H and O–H groups in total. The normalized spacial score (nSPS) is 24.5. The topological polar surface area (TPSA) is 20.2 Å². The molecule has 0 amide bonds. The van der Waals surface area contributed by atoms with Gasteiger partial charge in [0, 0.05) is 6.61 Å². The summed E-state index contributed by atoms with van der Waals surface area (Å²) in [5.41, 5.74) is 3.09. The zero-order valence-electron chi connectivity index (χ0n) is 10.5. The molecule has 0 spiro atoms. The van der Waals surface area contributed by atoms with Crippen LogP contribution in [0.1, 0.15) is 50.7 Å². The van der Waals surface area contributed by atoms with Crippen molar-refractivity contribution in [3.63, 3.8) is 0 Å². The summed E-state index contributed by atoms with van der Waals surface area (Å²) < 4.78 is 0. The van der Waals surface area contributed by atoms with Crippen LogP contribution in [0.5, 0.6) is 0 Å². The Hall–Kier alpha value is -0.820. The van der Waals surface area contributed by atoms with Gasteiger partial charge in [-0.25, -0.2) is 0 Å². The number of aliphatic hydroxyl groups excluding tert-OH is 1. The highest BCUT2D eigenvalue weighted by atomic mass is 16.3. The summed E-state index contributed by atoms with van der Waals surface area (Å²) in [4.78, 5) is 0. The average Bonchev–Trinajstić information content (AvgIpc) is 3.08. The minimum atomic E-state index is 0.276. The fourth-order valence-corrected chi connectivity index (χ4v) is 2.24. The van der Waals surface area contributed by atoms with Crippen LogP contribution in [0.3, 0.4) is 0 Å². The van der Waals surface area contributed by atoms with Crippen molar-refractivity contribution in [3.8, 4) is 0 Å². The van der Waals surface area contributed by atoms with Gasteiger partial charge in [0.25, 0.3) is 0 Å². The monoisotopic (exact) mass is 218 g/mol. The van der Waals surface area contributed by atoms with Gasteiger partial charge in [-0.2, -0.15) is 0 Å². The highest BCUT2D eigenvalue weighted by Crippen LogP contribution is 2.47. The molecule has 0 aromatic heterocycles. The standard InChI is InChI=1S/C15H22O/c1-4-15(2,3)13-7-5-11(6-8-13)14-9-12(14)10-16/h5-8,12,14,16H,4,9-10H2,1-3H3. The molecule has 1 aliphatic carbocycles. The van der Waals surface area contributed by atoms with Gasteiger partial charge < -0.3 is 5.11 Å². The second-order valence-electron chi connectivity index (χ2n) is 5.64. The van der Waals surface area contributed by atoms with Crippen molar-refractivity contribution in [2.24, 2.45) is 5.92 Å². The molecule has 1 aliphatic rings. The first-order chi connectivity index (χ1) is 7.58. The van der Waals surface area contributed by atoms with Crippen LogP contribution in [0, 0.1) is 5.92 Å². The van der Waals surface area contributed by atoms with Crippen LogP contribution < -0.4 is 0 Å². The molecule has 1 nitrogen and oxygen atoms in total. The molecule has 1 aromatic rings. The van der Waals surface area contributed by atoms with Gasteiger partial charge in [0.1, 0.15) is 0 Å². The number of hydrogen-bond acceptors (Lipinski definition) is 1. The zero-order valence-corrected chi connectivity index (χ0v) is 10.5. The lowest BCUT2D eigenvalue weighted by atomic mass is 9.82. The molecule has 16 heavy (non-hydrogen) atoms. The minimum absolute atomic E-state index is 0.276. The molecule has 2 rings (SSSR count). The van der Waals surface area contributed by atoms with Crippen LogP contribution in [-0.4, -0.2) is 11.7 Å². The second-order valence-corrected chi connectivity index (χ2v) is 5.64. The van der Waals surface area contributed by atoms with Crippen molar-refractivity contribution < 1.29 is 5.11 Å². The lowest BCUT2D eigenvalue weighted by Gasteiger charge is -2.23. The molecule has 0 bridgehead atoms. The number of benzene rings is 1. The average molecular weight is 218 g/mol. The second kappa shape index (κ2) is 4.21. The van der Waals surface area contributed by atoms with Crippen LogP contribution in [0.4, 0.5) is 0 Å². The Labute approximate surface area is 98.5 Å². The minimum Gasteiger partial charge on any atom is -0.396 e. The maximum atomic E-state index is 9.06. The Morgan fingerprint density at radius 3 is 2.31 bits per heavy atom. The quantitative estimate of drug-likeness (QED) is 0.820. The smallest absolute Gasteiger partial charge is 0.0465 e. The summed E-state index contributed by atoms with van der Waals surface area (Å²) in [6.07, 6.45) is 2.32. The lowest BCUT2D eigenvalue weighted by molar-refractivity contribution is 0.274.